The predicted octanol–water partition coefficient (Wildman–Crippen LogP) is 3.65. The number of aliphatic hydroxyl groups is 1. The Balaban J connectivity index is 3.00. The quantitative estimate of drug-likeness (QED) is 0.548. The van der Waals surface area contributed by atoms with Gasteiger partial charge in [-0.2, -0.15) is 0 Å². The van der Waals surface area contributed by atoms with Crippen LogP contribution in [0, 0.1) is 5.92 Å². The van der Waals surface area contributed by atoms with Crippen molar-refractivity contribution in [2.24, 2.45) is 5.92 Å². The van der Waals surface area contributed by atoms with E-state index in [0.29, 0.717) is 11.5 Å². The minimum absolute atomic E-state index is 0.174. The number of methoxy groups -OCH3 is 3. The Morgan fingerprint density at radius 2 is 1.96 bits per heavy atom. The summed E-state index contributed by atoms with van der Waals surface area (Å²) in [6, 6.07) is 0. The fraction of sp³-hybridized carbons (Fsp3) is 0.368. The summed E-state index contributed by atoms with van der Waals surface area (Å²) < 4.78 is 15.9. The molecule has 0 amide bonds. The molecule has 126 valence electrons. The lowest BCUT2D eigenvalue weighted by Crippen LogP contribution is -2.19. The molecule has 0 heterocycles. The number of hydrogen-bond acceptors (Lipinski definition) is 4. The van der Waals surface area contributed by atoms with E-state index in [-0.39, 0.29) is 5.92 Å². The molecule has 2 unspecified atom stereocenters. The van der Waals surface area contributed by atoms with Crippen LogP contribution in [0.1, 0.15) is 13.3 Å². The molecule has 0 bridgehead atoms. The van der Waals surface area contributed by atoms with Crippen LogP contribution < -0.4 is 0 Å². The lowest BCUT2D eigenvalue weighted by Gasteiger charge is -2.19. The molecule has 0 spiro atoms. The van der Waals surface area contributed by atoms with Gasteiger partial charge in [-0.3, -0.25) is 0 Å². The van der Waals surface area contributed by atoms with Crippen molar-refractivity contribution < 1.29 is 19.3 Å². The normalized spacial score (nSPS) is 18.3. The van der Waals surface area contributed by atoms with Crippen LogP contribution in [0.3, 0.4) is 0 Å². The summed E-state index contributed by atoms with van der Waals surface area (Å²) in [5.74, 6) is 1.67. The van der Waals surface area contributed by atoms with Crippen LogP contribution in [0.15, 0.2) is 72.0 Å². The molecule has 0 aliphatic heterocycles. The van der Waals surface area contributed by atoms with Gasteiger partial charge in [0.25, 0.3) is 0 Å². The molecule has 0 fully saturated rings. The molecule has 1 aliphatic carbocycles. The van der Waals surface area contributed by atoms with Crippen molar-refractivity contribution in [2.75, 3.05) is 21.3 Å². The molecule has 0 aromatic heterocycles. The van der Waals surface area contributed by atoms with Crippen molar-refractivity contribution in [3.63, 3.8) is 0 Å². The van der Waals surface area contributed by atoms with E-state index in [1.165, 1.54) is 0 Å². The van der Waals surface area contributed by atoms with Crippen molar-refractivity contribution >= 4 is 0 Å². The molecule has 0 radical (unpaired) electrons. The van der Waals surface area contributed by atoms with Gasteiger partial charge in [-0.05, 0) is 36.3 Å². The summed E-state index contributed by atoms with van der Waals surface area (Å²) in [6.45, 7) is 5.58. The van der Waals surface area contributed by atoms with E-state index in [0.717, 1.165) is 17.8 Å². The van der Waals surface area contributed by atoms with Gasteiger partial charge in [-0.1, -0.05) is 31.7 Å². The van der Waals surface area contributed by atoms with Crippen LogP contribution in [0.4, 0.5) is 0 Å². The molecule has 1 aliphatic rings. The van der Waals surface area contributed by atoms with Crippen molar-refractivity contribution in [1.29, 1.82) is 0 Å². The van der Waals surface area contributed by atoms with Gasteiger partial charge < -0.3 is 19.3 Å². The van der Waals surface area contributed by atoms with Gasteiger partial charge in [-0.15, -0.1) is 0 Å². The molecule has 0 saturated carbocycles. The second kappa shape index (κ2) is 9.74. The zero-order chi connectivity index (χ0) is 17.2. The zero-order valence-corrected chi connectivity index (χ0v) is 14.3. The van der Waals surface area contributed by atoms with Crippen LogP contribution in [-0.4, -0.2) is 32.5 Å². The summed E-state index contributed by atoms with van der Waals surface area (Å²) in [7, 11) is 4.75. The van der Waals surface area contributed by atoms with E-state index in [4.69, 9.17) is 14.2 Å². The summed E-state index contributed by atoms with van der Waals surface area (Å²) in [5.41, 5.74) is 0.817. The van der Waals surface area contributed by atoms with Crippen molar-refractivity contribution in [2.45, 2.75) is 19.4 Å². The highest BCUT2D eigenvalue weighted by Crippen LogP contribution is 2.23. The average Bonchev–Trinajstić information content (AvgIpc) is 2.82. The maximum absolute atomic E-state index is 10.6. The summed E-state index contributed by atoms with van der Waals surface area (Å²) >= 11 is 0. The van der Waals surface area contributed by atoms with E-state index in [9.17, 15) is 5.11 Å². The second-order valence-corrected chi connectivity index (χ2v) is 5.10. The molecule has 0 aromatic rings. The van der Waals surface area contributed by atoms with Gasteiger partial charge in [0.05, 0.1) is 27.4 Å². The Morgan fingerprint density at radius 3 is 2.52 bits per heavy atom. The lowest BCUT2D eigenvalue weighted by atomic mass is 9.95. The lowest BCUT2D eigenvalue weighted by molar-refractivity contribution is 0.168. The second-order valence-electron chi connectivity index (χ2n) is 5.10. The highest BCUT2D eigenvalue weighted by atomic mass is 16.5. The minimum Gasteiger partial charge on any atom is -0.497 e. The first-order chi connectivity index (χ1) is 11.1. The fourth-order valence-electron chi connectivity index (χ4n) is 2.23. The van der Waals surface area contributed by atoms with Crippen molar-refractivity contribution in [1.82, 2.24) is 0 Å². The molecule has 4 nitrogen and oxygen atoms in total. The molecule has 4 heteroatoms. The van der Waals surface area contributed by atoms with Gasteiger partial charge in [-0.25, -0.2) is 0 Å². The third-order valence-corrected chi connectivity index (χ3v) is 3.52. The largest absolute Gasteiger partial charge is 0.497 e. The van der Waals surface area contributed by atoms with Crippen LogP contribution in [0.2, 0.25) is 0 Å². The number of allylic oxidation sites excluding steroid dienone is 5. The first kappa shape index (κ1) is 18.8. The predicted molar refractivity (Wildman–Crippen MR) is 92.5 cm³/mol. The van der Waals surface area contributed by atoms with Gasteiger partial charge in [0, 0.05) is 5.92 Å². The number of rotatable bonds is 8. The Kier molecular flexibility index (Phi) is 7.98. The SMILES string of the molecule is C=C/C=C(OC)\C(=C/C(C)C(O)C1=CCC=CC(OC)=C1)OC. The zero-order valence-electron chi connectivity index (χ0n) is 14.3. The van der Waals surface area contributed by atoms with E-state index in [1.807, 2.05) is 37.3 Å². The standard InChI is InChI=1S/C19H26O4/c1-6-9-17(22-4)18(23-5)12-14(2)19(20)15-10-7-8-11-16(13-15)21-3/h6,8-14,19-20H,1,7H2,2-5H3/b17-9+,18-12+. The Bertz CT molecular complexity index is 550. The Labute approximate surface area is 138 Å². The Hall–Kier alpha value is -2.20. The maximum atomic E-state index is 10.6. The minimum atomic E-state index is -0.674. The molecule has 1 rings (SSSR count). The van der Waals surface area contributed by atoms with E-state index >= 15 is 0 Å². The van der Waals surface area contributed by atoms with Gasteiger partial charge in [0.2, 0.25) is 0 Å². The topological polar surface area (TPSA) is 47.9 Å². The highest BCUT2D eigenvalue weighted by Gasteiger charge is 2.19. The summed E-state index contributed by atoms with van der Waals surface area (Å²) in [6.07, 6.45) is 13.0. The third-order valence-electron chi connectivity index (χ3n) is 3.52. The molecular weight excluding hydrogens is 292 g/mol. The van der Waals surface area contributed by atoms with Crippen molar-refractivity contribution in [3.8, 4) is 0 Å². The van der Waals surface area contributed by atoms with E-state index in [2.05, 4.69) is 6.58 Å². The molecule has 1 N–H and O–H groups in total. The van der Waals surface area contributed by atoms with Crippen LogP contribution in [0.25, 0.3) is 0 Å². The average molecular weight is 318 g/mol. The fourth-order valence-corrected chi connectivity index (χ4v) is 2.23. The highest BCUT2D eigenvalue weighted by molar-refractivity contribution is 5.34. The van der Waals surface area contributed by atoms with Crippen molar-refractivity contribution in [3.05, 3.63) is 72.0 Å². The summed E-state index contributed by atoms with van der Waals surface area (Å²) in [5, 5.41) is 10.6. The molecule has 0 aromatic carbocycles. The Morgan fingerprint density at radius 1 is 1.26 bits per heavy atom. The maximum Gasteiger partial charge on any atom is 0.160 e. The molecule has 0 saturated heterocycles. The van der Waals surface area contributed by atoms with Crippen LogP contribution in [0.5, 0.6) is 0 Å². The van der Waals surface area contributed by atoms with Gasteiger partial charge in [0.15, 0.2) is 11.5 Å². The number of hydrogen-bond donors (Lipinski definition) is 1. The first-order valence-corrected chi connectivity index (χ1v) is 7.50. The number of aliphatic hydroxyl groups excluding tert-OH is 1. The van der Waals surface area contributed by atoms with Gasteiger partial charge in [0.1, 0.15) is 5.76 Å². The summed E-state index contributed by atoms with van der Waals surface area (Å²) in [4.78, 5) is 0. The van der Waals surface area contributed by atoms with Gasteiger partial charge >= 0.3 is 0 Å². The van der Waals surface area contributed by atoms with Crippen LogP contribution >= 0.6 is 0 Å². The smallest absolute Gasteiger partial charge is 0.160 e. The number of ether oxygens (including phenoxy) is 3. The third kappa shape index (κ3) is 5.49. The molecule has 23 heavy (non-hydrogen) atoms. The van der Waals surface area contributed by atoms with E-state index in [1.54, 1.807) is 33.5 Å². The van der Waals surface area contributed by atoms with E-state index < -0.39 is 6.10 Å². The monoisotopic (exact) mass is 318 g/mol. The first-order valence-electron chi connectivity index (χ1n) is 7.50. The molecule has 2 atom stereocenters. The van der Waals surface area contributed by atoms with Crippen LogP contribution in [-0.2, 0) is 14.2 Å². The molecular formula is C19H26O4.